The first-order valence-corrected chi connectivity index (χ1v) is 8.79. The maximum atomic E-state index is 12.9. The zero-order chi connectivity index (χ0) is 18.8. The largest absolute Gasteiger partial charge is 0.459 e. The first kappa shape index (κ1) is 16.9. The molecule has 0 unspecified atom stereocenters. The minimum Gasteiger partial charge on any atom is -0.459 e. The van der Waals surface area contributed by atoms with Crippen LogP contribution in [0.25, 0.3) is 16.0 Å². The molecule has 0 aliphatic rings. The van der Waals surface area contributed by atoms with Crippen LogP contribution in [0.3, 0.4) is 0 Å². The van der Waals surface area contributed by atoms with Crippen LogP contribution in [-0.4, -0.2) is 19.5 Å². The molecule has 27 heavy (non-hydrogen) atoms. The van der Waals surface area contributed by atoms with Crippen molar-refractivity contribution in [2.45, 2.75) is 6.61 Å². The lowest BCUT2D eigenvalue weighted by molar-refractivity contribution is -0.384. The monoisotopic (exact) mass is 380 g/mol. The van der Waals surface area contributed by atoms with Gasteiger partial charge in [0.2, 0.25) is 5.13 Å². The summed E-state index contributed by atoms with van der Waals surface area (Å²) in [5.41, 5.74) is 0.972. The lowest BCUT2D eigenvalue weighted by Gasteiger charge is -2.12. The molecule has 0 fully saturated rings. The number of para-hydroxylation sites is 1. The van der Waals surface area contributed by atoms with Crippen LogP contribution in [0.5, 0.6) is 6.01 Å². The van der Waals surface area contributed by atoms with Gasteiger partial charge < -0.3 is 4.74 Å². The van der Waals surface area contributed by atoms with Crippen molar-refractivity contribution in [2.24, 2.45) is 0 Å². The van der Waals surface area contributed by atoms with Crippen LogP contribution in [0.4, 0.5) is 5.69 Å². The van der Waals surface area contributed by atoms with Crippen LogP contribution in [-0.2, 0) is 6.61 Å². The lowest BCUT2D eigenvalue weighted by Crippen LogP contribution is -2.22. The quantitative estimate of drug-likeness (QED) is 0.389. The number of aromatic nitrogens is 3. The van der Waals surface area contributed by atoms with Gasteiger partial charge in [-0.1, -0.05) is 12.1 Å². The number of nitrogens with zero attached hydrogens (tertiary/aromatic N) is 4. The van der Waals surface area contributed by atoms with E-state index in [0.717, 1.165) is 0 Å². The minimum atomic E-state index is -0.463. The number of fused-ring (bicyclic) bond motifs is 1. The Bertz CT molecular complexity index is 1170. The van der Waals surface area contributed by atoms with Gasteiger partial charge in [0.1, 0.15) is 6.61 Å². The van der Waals surface area contributed by atoms with E-state index >= 15 is 0 Å². The van der Waals surface area contributed by atoms with Gasteiger partial charge in [0.05, 0.1) is 15.8 Å². The van der Waals surface area contributed by atoms with Crippen molar-refractivity contribution in [3.63, 3.8) is 0 Å². The summed E-state index contributed by atoms with van der Waals surface area (Å²) in [6.45, 7) is 0.105. The lowest BCUT2D eigenvalue weighted by atomic mass is 10.2. The van der Waals surface area contributed by atoms with Gasteiger partial charge in [0.25, 0.3) is 11.2 Å². The summed E-state index contributed by atoms with van der Waals surface area (Å²) in [7, 11) is 0. The molecular formula is C18H12N4O4S. The number of nitro groups is 1. The van der Waals surface area contributed by atoms with Crippen molar-refractivity contribution >= 4 is 27.9 Å². The maximum Gasteiger partial charge on any atom is 0.306 e. The average Bonchev–Trinajstić information content (AvgIpc) is 3.21. The zero-order valence-electron chi connectivity index (χ0n) is 13.8. The summed E-state index contributed by atoms with van der Waals surface area (Å²) < 4.78 is 7.12. The molecule has 9 heteroatoms. The third kappa shape index (κ3) is 3.27. The van der Waals surface area contributed by atoms with Crippen molar-refractivity contribution < 1.29 is 9.66 Å². The molecule has 0 aliphatic carbocycles. The summed E-state index contributed by atoms with van der Waals surface area (Å²) in [6.07, 6.45) is 1.60. The van der Waals surface area contributed by atoms with Crippen molar-refractivity contribution in [3.8, 4) is 11.1 Å². The smallest absolute Gasteiger partial charge is 0.306 e. The molecule has 0 aliphatic heterocycles. The van der Waals surface area contributed by atoms with E-state index in [2.05, 4.69) is 9.97 Å². The molecule has 0 bridgehead atoms. The fourth-order valence-electron chi connectivity index (χ4n) is 2.57. The normalized spacial score (nSPS) is 10.8. The van der Waals surface area contributed by atoms with E-state index < -0.39 is 4.92 Å². The van der Waals surface area contributed by atoms with E-state index in [-0.39, 0.29) is 23.9 Å². The fraction of sp³-hybridized carbons (Fsp3) is 0.0556. The van der Waals surface area contributed by atoms with Crippen LogP contribution in [0.2, 0.25) is 0 Å². The predicted octanol–water partition coefficient (Wildman–Crippen LogP) is 3.33. The van der Waals surface area contributed by atoms with Crippen molar-refractivity contribution in [3.05, 3.63) is 86.1 Å². The average molecular weight is 380 g/mol. The Hall–Kier alpha value is -3.59. The van der Waals surface area contributed by atoms with E-state index in [0.29, 0.717) is 21.6 Å². The topological polar surface area (TPSA) is 100 Å². The fourth-order valence-corrected chi connectivity index (χ4v) is 3.20. The number of ether oxygens (including phenoxy) is 1. The highest BCUT2D eigenvalue weighted by molar-refractivity contribution is 7.12. The Kier molecular flexibility index (Phi) is 4.35. The predicted molar refractivity (Wildman–Crippen MR) is 100 cm³/mol. The van der Waals surface area contributed by atoms with E-state index in [1.807, 2.05) is 0 Å². The Labute approximate surface area is 156 Å². The molecule has 2 aromatic carbocycles. The molecule has 0 saturated carbocycles. The van der Waals surface area contributed by atoms with Crippen LogP contribution >= 0.6 is 11.3 Å². The number of nitro benzene ring substituents is 1. The maximum absolute atomic E-state index is 12.9. The highest BCUT2D eigenvalue weighted by Crippen LogP contribution is 2.20. The van der Waals surface area contributed by atoms with Gasteiger partial charge in [-0.25, -0.2) is 9.55 Å². The van der Waals surface area contributed by atoms with Gasteiger partial charge in [-0.15, -0.1) is 11.3 Å². The van der Waals surface area contributed by atoms with Gasteiger partial charge in [-0.2, -0.15) is 4.98 Å². The van der Waals surface area contributed by atoms with E-state index in [1.165, 1.54) is 28.0 Å². The highest BCUT2D eigenvalue weighted by Gasteiger charge is 2.16. The molecule has 0 spiro atoms. The highest BCUT2D eigenvalue weighted by atomic mass is 32.1. The second kappa shape index (κ2) is 6.96. The number of thiazole rings is 1. The molecule has 0 amide bonds. The molecule has 2 aromatic heterocycles. The third-order valence-electron chi connectivity index (χ3n) is 3.87. The second-order valence-electron chi connectivity index (χ2n) is 5.58. The molecule has 4 aromatic rings. The van der Waals surface area contributed by atoms with Crippen LogP contribution in [0.15, 0.2) is 64.9 Å². The Balaban J connectivity index is 1.73. The SMILES string of the molecule is O=c1c2ccccc2nc(OCc2ccc([N+](=O)[O-])cc2)n1-c1nccs1. The van der Waals surface area contributed by atoms with E-state index in [1.54, 1.807) is 48.0 Å². The Morgan fingerprint density at radius 2 is 1.93 bits per heavy atom. The number of benzene rings is 2. The molecule has 0 radical (unpaired) electrons. The standard InChI is InChI=1S/C18H12N4O4S/c23-16-14-3-1-2-4-15(14)20-17(21(16)18-19-9-10-27-18)26-11-12-5-7-13(8-6-12)22(24)25/h1-10H,11H2. The molecule has 134 valence electrons. The van der Waals surface area contributed by atoms with Crippen molar-refractivity contribution in [1.82, 2.24) is 14.5 Å². The van der Waals surface area contributed by atoms with E-state index in [9.17, 15) is 14.9 Å². The molecule has 4 rings (SSSR count). The second-order valence-corrected chi connectivity index (χ2v) is 6.45. The molecule has 2 heterocycles. The molecule has 0 saturated heterocycles. The molecule has 0 atom stereocenters. The van der Waals surface area contributed by atoms with Gasteiger partial charge in [-0.05, 0) is 29.8 Å². The summed E-state index contributed by atoms with van der Waals surface area (Å²) >= 11 is 1.30. The van der Waals surface area contributed by atoms with Gasteiger partial charge >= 0.3 is 6.01 Å². The van der Waals surface area contributed by atoms with E-state index in [4.69, 9.17) is 4.74 Å². The molecular weight excluding hydrogens is 368 g/mol. The summed E-state index contributed by atoms with van der Waals surface area (Å²) in [6, 6.07) is 13.1. The van der Waals surface area contributed by atoms with Crippen molar-refractivity contribution in [1.29, 1.82) is 0 Å². The van der Waals surface area contributed by atoms with Crippen molar-refractivity contribution in [2.75, 3.05) is 0 Å². The Morgan fingerprint density at radius 1 is 1.15 bits per heavy atom. The van der Waals surface area contributed by atoms with Gasteiger partial charge in [0, 0.05) is 23.7 Å². The minimum absolute atomic E-state index is 0.00211. The Morgan fingerprint density at radius 3 is 2.63 bits per heavy atom. The third-order valence-corrected chi connectivity index (χ3v) is 4.63. The molecule has 8 nitrogen and oxygen atoms in total. The summed E-state index contributed by atoms with van der Waals surface area (Å²) in [5, 5.41) is 13.4. The first-order chi connectivity index (χ1) is 13.1. The first-order valence-electron chi connectivity index (χ1n) is 7.91. The summed E-state index contributed by atoms with van der Waals surface area (Å²) in [4.78, 5) is 31.8. The van der Waals surface area contributed by atoms with Gasteiger partial charge in [0.15, 0.2) is 0 Å². The van der Waals surface area contributed by atoms with Gasteiger partial charge in [-0.3, -0.25) is 14.9 Å². The molecule has 0 N–H and O–H groups in total. The van der Waals surface area contributed by atoms with Crippen LogP contribution < -0.4 is 10.3 Å². The van der Waals surface area contributed by atoms with Crippen LogP contribution in [0.1, 0.15) is 5.56 Å². The number of rotatable bonds is 5. The number of non-ortho nitro benzene ring substituents is 1. The number of hydrogen-bond donors (Lipinski definition) is 0. The summed E-state index contributed by atoms with van der Waals surface area (Å²) in [5.74, 6) is 0. The number of hydrogen-bond acceptors (Lipinski definition) is 7. The van der Waals surface area contributed by atoms with Crippen LogP contribution in [0, 0.1) is 10.1 Å². The zero-order valence-corrected chi connectivity index (χ0v) is 14.6.